The highest BCUT2D eigenvalue weighted by Crippen LogP contribution is 2.51. The van der Waals surface area contributed by atoms with E-state index in [-0.39, 0.29) is 5.41 Å². The Morgan fingerprint density at radius 3 is 0.948 bits per heavy atom. The molecule has 1 aliphatic carbocycles. The molecule has 0 bridgehead atoms. The second kappa shape index (κ2) is 23.5. The van der Waals surface area contributed by atoms with Crippen LogP contribution in [0, 0.1) is 0 Å². The van der Waals surface area contributed by atoms with Crippen molar-refractivity contribution in [2.24, 2.45) is 0 Å². The number of hydrogen-bond donors (Lipinski definition) is 0. The van der Waals surface area contributed by atoms with Crippen molar-refractivity contribution in [3.63, 3.8) is 0 Å². The molecule has 0 fully saturated rings. The Morgan fingerprint density at radius 2 is 0.505 bits per heavy atom. The number of aromatic nitrogens is 3. The molecule has 18 aromatic rings. The lowest BCUT2D eigenvalue weighted by Crippen LogP contribution is -2.16. The van der Waals surface area contributed by atoms with Gasteiger partial charge in [0.1, 0.15) is 0 Å². The predicted molar refractivity (Wildman–Crippen MR) is 410 cm³/mol. The summed E-state index contributed by atoms with van der Waals surface area (Å²) in [7, 11) is 0. The molecule has 0 N–H and O–H groups in total. The van der Waals surface area contributed by atoms with Gasteiger partial charge in [0.15, 0.2) is 0 Å². The summed E-state index contributed by atoms with van der Waals surface area (Å²) >= 11 is 0. The average Bonchev–Trinajstić information content (AvgIpc) is 1.62. The first-order chi connectivity index (χ1) is 47.9. The van der Waals surface area contributed by atoms with Gasteiger partial charge in [0.05, 0.1) is 33.1 Å². The molecule has 3 heterocycles. The second-order valence-corrected chi connectivity index (χ2v) is 26.0. The number of para-hydroxylation sites is 5. The Hall–Kier alpha value is -12.5. The van der Waals surface area contributed by atoms with Crippen LogP contribution in [0.1, 0.15) is 25.0 Å². The third-order valence-electron chi connectivity index (χ3n) is 20.1. The minimum Gasteiger partial charge on any atom is -0.310 e. The summed E-state index contributed by atoms with van der Waals surface area (Å²) in [6.45, 7) is 4.70. The van der Waals surface area contributed by atoms with Gasteiger partial charge >= 0.3 is 0 Å². The molecule has 0 saturated heterocycles. The molecule has 1 aliphatic rings. The number of rotatable bonds is 10. The standard InChI is InChI=1S/C51H38N2.C42H28N2/c1-51(2)47-19-11-9-17-43(47)44-31-30-42(34-48(44)51)52(40-26-21-36(22-27-40)35-13-5-3-6-14-35)41-28-23-37(24-29-41)38-25-32-50-46(33-38)45-18-10-12-20-49(45)53(50)39-15-7-4-8-16-39;1-3-11-29(12-4-1)30-19-23-34(24-20-30)44-40-18-10-8-16-36(40)38-28-32(22-26-42(38)44)31-21-25-41-37(27-31)35-15-7-9-17-39(35)43(41)33-13-5-2-6-14-33/h3-34H,1-2H3;1-28H. The van der Waals surface area contributed by atoms with E-state index in [2.05, 4.69) is 396 Å². The van der Waals surface area contributed by atoms with Crippen LogP contribution in [0.25, 0.3) is 138 Å². The fourth-order valence-electron chi connectivity index (χ4n) is 15.4. The van der Waals surface area contributed by atoms with Gasteiger partial charge in [0.25, 0.3) is 0 Å². The van der Waals surface area contributed by atoms with Crippen LogP contribution < -0.4 is 4.90 Å². The van der Waals surface area contributed by atoms with Gasteiger partial charge in [-0.25, -0.2) is 0 Å². The van der Waals surface area contributed by atoms with Gasteiger partial charge in [-0.05, 0) is 194 Å². The van der Waals surface area contributed by atoms with Crippen LogP contribution in [0.5, 0.6) is 0 Å². The summed E-state index contributed by atoms with van der Waals surface area (Å²) in [6, 6.07) is 132. The molecule has 19 rings (SSSR count). The number of fused-ring (bicyclic) bond motifs is 12. The SMILES string of the molecule is CC1(C)c2ccccc2-c2ccc(N(c3ccc(-c4ccccc4)cc3)c3ccc(-c4ccc5c(c4)c4ccccc4n5-c4ccccc4)cc3)cc21.c1ccc(-c2ccc(-n3c4ccccc4c4cc(-c5ccc6c(c5)c5ccccc5n6-c5ccccc5)ccc43)cc2)cc1. The smallest absolute Gasteiger partial charge is 0.0541 e. The van der Waals surface area contributed by atoms with Crippen LogP contribution in [0.3, 0.4) is 0 Å². The quantitative estimate of drug-likeness (QED) is 0.133. The monoisotopic (exact) mass is 1240 g/mol. The zero-order valence-electron chi connectivity index (χ0n) is 53.9. The van der Waals surface area contributed by atoms with E-state index in [1.54, 1.807) is 0 Å². The summed E-state index contributed by atoms with van der Waals surface area (Å²) in [5, 5.41) is 7.58. The molecular weight excluding hydrogens is 1170 g/mol. The molecule has 458 valence electrons. The Kier molecular flexibility index (Phi) is 13.9. The number of benzene rings is 15. The third kappa shape index (κ3) is 9.83. The first-order valence-corrected chi connectivity index (χ1v) is 33.6. The van der Waals surface area contributed by atoms with Crippen LogP contribution in [-0.2, 0) is 5.41 Å². The van der Waals surface area contributed by atoms with Gasteiger partial charge in [0.2, 0.25) is 0 Å². The minimum atomic E-state index is -0.0864. The van der Waals surface area contributed by atoms with Gasteiger partial charge in [-0.2, -0.15) is 0 Å². The van der Waals surface area contributed by atoms with Crippen molar-refractivity contribution in [3.05, 3.63) is 375 Å². The normalized spacial score (nSPS) is 12.3. The van der Waals surface area contributed by atoms with Crippen molar-refractivity contribution in [2.75, 3.05) is 4.90 Å². The zero-order valence-corrected chi connectivity index (χ0v) is 53.9. The lowest BCUT2D eigenvalue weighted by molar-refractivity contribution is 0.660. The molecule has 97 heavy (non-hydrogen) atoms. The molecule has 4 heteroatoms. The van der Waals surface area contributed by atoms with E-state index in [0.29, 0.717) is 0 Å². The first kappa shape index (κ1) is 57.2. The van der Waals surface area contributed by atoms with Gasteiger partial charge in [0, 0.05) is 71.9 Å². The highest BCUT2D eigenvalue weighted by atomic mass is 15.1. The number of anilines is 3. The van der Waals surface area contributed by atoms with Gasteiger partial charge in [-0.1, -0.05) is 250 Å². The summed E-state index contributed by atoms with van der Waals surface area (Å²) in [5.41, 5.74) is 29.3. The summed E-state index contributed by atoms with van der Waals surface area (Å²) in [4.78, 5) is 2.40. The lowest BCUT2D eigenvalue weighted by atomic mass is 9.82. The van der Waals surface area contributed by atoms with Gasteiger partial charge in [-0.15, -0.1) is 0 Å². The van der Waals surface area contributed by atoms with E-state index < -0.39 is 0 Å². The van der Waals surface area contributed by atoms with Crippen LogP contribution in [-0.4, -0.2) is 13.7 Å². The van der Waals surface area contributed by atoms with E-state index in [0.717, 1.165) is 17.1 Å². The van der Waals surface area contributed by atoms with E-state index in [1.165, 1.54) is 149 Å². The summed E-state index contributed by atoms with van der Waals surface area (Å²) < 4.78 is 7.13. The van der Waals surface area contributed by atoms with Crippen LogP contribution in [0.4, 0.5) is 17.1 Å². The maximum Gasteiger partial charge on any atom is 0.0541 e. The fourth-order valence-corrected chi connectivity index (χ4v) is 15.4. The van der Waals surface area contributed by atoms with Crippen molar-refractivity contribution in [1.82, 2.24) is 13.7 Å². The third-order valence-corrected chi connectivity index (χ3v) is 20.1. The van der Waals surface area contributed by atoms with Crippen molar-refractivity contribution in [3.8, 4) is 72.7 Å². The fraction of sp³-hybridized carbons (Fsp3) is 0.0323. The predicted octanol–water partition coefficient (Wildman–Crippen LogP) is 25.1. The molecule has 0 spiro atoms. The van der Waals surface area contributed by atoms with Crippen molar-refractivity contribution in [2.45, 2.75) is 19.3 Å². The van der Waals surface area contributed by atoms with Crippen LogP contribution >= 0.6 is 0 Å². The molecule has 0 radical (unpaired) electrons. The lowest BCUT2D eigenvalue weighted by Gasteiger charge is -2.28. The number of nitrogens with zero attached hydrogens (tertiary/aromatic N) is 4. The van der Waals surface area contributed by atoms with E-state index in [1.807, 2.05) is 0 Å². The van der Waals surface area contributed by atoms with Gasteiger partial charge < -0.3 is 18.6 Å². The number of hydrogen-bond acceptors (Lipinski definition) is 1. The Bertz CT molecular complexity index is 5980. The zero-order chi connectivity index (χ0) is 64.6. The van der Waals surface area contributed by atoms with Crippen molar-refractivity contribution in [1.29, 1.82) is 0 Å². The van der Waals surface area contributed by atoms with Crippen LogP contribution in [0.2, 0.25) is 0 Å². The Balaban J connectivity index is 0.000000143. The summed E-state index contributed by atoms with van der Waals surface area (Å²) in [6.07, 6.45) is 0. The maximum absolute atomic E-state index is 2.41. The molecule has 3 aromatic heterocycles. The Morgan fingerprint density at radius 1 is 0.206 bits per heavy atom. The molecule has 0 amide bonds. The van der Waals surface area contributed by atoms with E-state index >= 15 is 0 Å². The highest BCUT2D eigenvalue weighted by molar-refractivity contribution is 6.13. The molecule has 0 saturated carbocycles. The highest BCUT2D eigenvalue weighted by Gasteiger charge is 2.36. The second-order valence-electron chi connectivity index (χ2n) is 26.0. The van der Waals surface area contributed by atoms with Crippen molar-refractivity contribution < 1.29 is 0 Å². The Labute approximate surface area is 564 Å². The summed E-state index contributed by atoms with van der Waals surface area (Å²) in [5.74, 6) is 0. The molecule has 15 aromatic carbocycles. The molecule has 0 atom stereocenters. The molecular formula is C93H66N4. The molecule has 0 unspecified atom stereocenters. The van der Waals surface area contributed by atoms with Gasteiger partial charge in [-0.3, -0.25) is 0 Å². The topological polar surface area (TPSA) is 18.0 Å². The molecule has 0 aliphatic heterocycles. The first-order valence-electron chi connectivity index (χ1n) is 33.6. The maximum atomic E-state index is 2.41. The van der Waals surface area contributed by atoms with E-state index in [4.69, 9.17) is 0 Å². The van der Waals surface area contributed by atoms with Crippen molar-refractivity contribution >= 4 is 82.5 Å². The largest absolute Gasteiger partial charge is 0.310 e. The minimum absolute atomic E-state index is 0.0864. The average molecular weight is 1240 g/mol. The van der Waals surface area contributed by atoms with E-state index in [9.17, 15) is 0 Å². The van der Waals surface area contributed by atoms with Crippen LogP contribution in [0.15, 0.2) is 364 Å². The molecule has 4 nitrogen and oxygen atoms in total.